The van der Waals surface area contributed by atoms with Crippen molar-refractivity contribution in [3.8, 4) is 50.2 Å². The predicted octanol–water partition coefficient (Wildman–Crippen LogP) is 16.1. The number of hydrogen-bond donors (Lipinski definition) is 0. The van der Waals surface area contributed by atoms with E-state index in [1.54, 1.807) is 0 Å². The van der Waals surface area contributed by atoms with Gasteiger partial charge < -0.3 is 9.47 Å². The van der Waals surface area contributed by atoms with Gasteiger partial charge in [0.25, 0.3) is 0 Å². The van der Waals surface area contributed by atoms with Gasteiger partial charge in [-0.1, -0.05) is 182 Å². The first-order valence-electron chi connectivity index (χ1n) is 21.5. The predicted molar refractivity (Wildman–Crippen MR) is 262 cm³/mol. The zero-order valence-corrected chi connectivity index (χ0v) is 34.4. The van der Waals surface area contributed by atoms with E-state index in [9.17, 15) is 0 Å². The van der Waals surface area contributed by atoms with E-state index in [0.29, 0.717) is 5.92 Å². The van der Waals surface area contributed by atoms with Gasteiger partial charge in [-0.2, -0.15) is 0 Å². The van der Waals surface area contributed by atoms with Crippen LogP contribution in [0.5, 0.6) is 0 Å². The summed E-state index contributed by atoms with van der Waals surface area (Å²) in [6.07, 6.45) is 5.70. The van der Waals surface area contributed by atoms with Gasteiger partial charge in [-0.25, -0.2) is 0 Å². The molecule has 1 aromatic heterocycles. The lowest BCUT2D eigenvalue weighted by molar-refractivity contribution is 0.825. The van der Waals surface area contributed by atoms with Crippen molar-refractivity contribution >= 4 is 34.0 Å². The Kier molecular flexibility index (Phi) is 9.72. The van der Waals surface area contributed by atoms with E-state index >= 15 is 0 Å². The summed E-state index contributed by atoms with van der Waals surface area (Å²) in [7, 11) is 0. The number of allylic oxidation sites excluding steroid dienone is 1. The molecule has 62 heavy (non-hydrogen) atoms. The van der Waals surface area contributed by atoms with Gasteiger partial charge in [0.2, 0.25) is 0 Å². The van der Waals surface area contributed by atoms with Crippen molar-refractivity contribution in [3.63, 3.8) is 0 Å². The molecule has 2 heteroatoms. The summed E-state index contributed by atoms with van der Waals surface area (Å²) in [5, 5.41) is 1.32. The summed E-state index contributed by atoms with van der Waals surface area (Å²) < 4.78 is 2.45. The third-order valence-electron chi connectivity index (χ3n) is 12.4. The maximum Gasteiger partial charge on any atom is 0.0538 e. The minimum absolute atomic E-state index is 0.340. The van der Waals surface area contributed by atoms with E-state index in [4.69, 9.17) is 0 Å². The normalized spacial score (nSPS) is 13.2. The van der Waals surface area contributed by atoms with Gasteiger partial charge in [-0.15, -0.1) is 0 Å². The summed E-state index contributed by atoms with van der Waals surface area (Å²) in [6.45, 7) is 0. The van der Waals surface area contributed by atoms with Crippen LogP contribution in [0.15, 0.2) is 243 Å². The number of fused-ring (bicyclic) bond motifs is 3. The number of hydrogen-bond acceptors (Lipinski definition) is 1. The first-order chi connectivity index (χ1) is 30.7. The standard InChI is InChI=1S/C60H44N2/c1-5-13-43(14-6-1)47-21-31-53(32-22-47)61(54-33-23-48(24-34-54)44-15-7-2-8-16-44)55-35-25-49(26-36-55)50-27-37-56(38-28-50)62-59-39-29-51(45-17-9-3-10-18-45)41-57(59)58-42-52(30-40-60(58)62)46-19-11-4-12-20-46/h1-41,52H,42H2. The summed E-state index contributed by atoms with van der Waals surface area (Å²) in [5.41, 5.74) is 19.4. The number of aromatic nitrogens is 1. The molecule has 1 atom stereocenters. The van der Waals surface area contributed by atoms with Gasteiger partial charge in [0, 0.05) is 39.7 Å². The molecule has 0 spiro atoms. The Labute approximate surface area is 364 Å². The van der Waals surface area contributed by atoms with E-state index in [0.717, 1.165) is 29.2 Å². The van der Waals surface area contributed by atoms with Crippen LogP contribution in [0, 0.1) is 0 Å². The maximum atomic E-state index is 2.45. The van der Waals surface area contributed by atoms with Crippen molar-refractivity contribution in [1.29, 1.82) is 0 Å². The number of anilines is 3. The molecule has 0 saturated heterocycles. The summed E-state index contributed by atoms with van der Waals surface area (Å²) in [6, 6.07) is 85.6. The van der Waals surface area contributed by atoms with Crippen LogP contribution < -0.4 is 4.90 Å². The van der Waals surface area contributed by atoms with Crippen molar-refractivity contribution < 1.29 is 0 Å². The maximum absolute atomic E-state index is 2.45. The molecule has 0 aliphatic heterocycles. The van der Waals surface area contributed by atoms with Crippen molar-refractivity contribution in [2.24, 2.45) is 0 Å². The lowest BCUT2D eigenvalue weighted by Gasteiger charge is -2.26. The Morgan fingerprint density at radius 1 is 0.371 bits per heavy atom. The second-order valence-corrected chi connectivity index (χ2v) is 16.1. The highest BCUT2D eigenvalue weighted by Gasteiger charge is 2.24. The quantitative estimate of drug-likeness (QED) is 0.141. The van der Waals surface area contributed by atoms with Gasteiger partial charge >= 0.3 is 0 Å². The fourth-order valence-electron chi connectivity index (χ4n) is 9.20. The fraction of sp³-hybridized carbons (Fsp3) is 0.0333. The highest BCUT2D eigenvalue weighted by molar-refractivity contribution is 5.94. The van der Waals surface area contributed by atoms with Crippen LogP contribution in [-0.4, -0.2) is 4.57 Å². The average molecular weight is 793 g/mol. The number of nitrogens with zero attached hydrogens (tertiary/aromatic N) is 2. The monoisotopic (exact) mass is 792 g/mol. The largest absolute Gasteiger partial charge is 0.311 e. The van der Waals surface area contributed by atoms with Crippen molar-refractivity contribution in [1.82, 2.24) is 4.57 Å². The van der Waals surface area contributed by atoms with E-state index in [-0.39, 0.29) is 0 Å². The molecule has 0 saturated carbocycles. The van der Waals surface area contributed by atoms with E-state index in [2.05, 4.69) is 258 Å². The Bertz CT molecular complexity index is 3050. The molecule has 1 unspecified atom stereocenters. The van der Waals surface area contributed by atoms with Crippen LogP contribution in [0.3, 0.4) is 0 Å². The Morgan fingerprint density at radius 3 is 1.23 bits per heavy atom. The molecular weight excluding hydrogens is 749 g/mol. The topological polar surface area (TPSA) is 8.17 Å². The molecule has 0 radical (unpaired) electrons. The SMILES string of the molecule is C1=CC(c2ccccc2)Cc2c1n(-c1ccc(-c3ccc(N(c4ccc(-c5ccccc5)cc4)c4ccc(-c5ccccc5)cc4)cc3)cc1)c1ccc(-c3ccccc3)cc21. The third-order valence-corrected chi connectivity index (χ3v) is 12.4. The third kappa shape index (κ3) is 7.12. The Balaban J connectivity index is 0.926. The molecule has 9 aromatic carbocycles. The summed E-state index contributed by atoms with van der Waals surface area (Å²) >= 11 is 0. The average Bonchev–Trinajstić information content (AvgIpc) is 3.69. The zero-order chi connectivity index (χ0) is 41.2. The molecule has 11 rings (SSSR count). The smallest absolute Gasteiger partial charge is 0.0538 e. The minimum Gasteiger partial charge on any atom is -0.311 e. The highest BCUT2D eigenvalue weighted by atomic mass is 15.1. The molecule has 0 bridgehead atoms. The van der Waals surface area contributed by atoms with Crippen LogP contribution in [-0.2, 0) is 6.42 Å². The molecule has 0 amide bonds. The summed E-state index contributed by atoms with van der Waals surface area (Å²) in [5.74, 6) is 0.340. The molecule has 2 nitrogen and oxygen atoms in total. The Hall–Kier alpha value is -7.94. The van der Waals surface area contributed by atoms with E-state index in [1.807, 2.05) is 0 Å². The molecular formula is C60H44N2. The van der Waals surface area contributed by atoms with Gasteiger partial charge in [0.1, 0.15) is 0 Å². The van der Waals surface area contributed by atoms with Gasteiger partial charge in [-0.3, -0.25) is 0 Å². The van der Waals surface area contributed by atoms with Crippen LogP contribution in [0.1, 0.15) is 22.7 Å². The molecule has 10 aromatic rings. The van der Waals surface area contributed by atoms with Gasteiger partial charge in [0.15, 0.2) is 0 Å². The van der Waals surface area contributed by atoms with Crippen LogP contribution in [0.25, 0.3) is 67.2 Å². The van der Waals surface area contributed by atoms with Crippen LogP contribution in [0.2, 0.25) is 0 Å². The van der Waals surface area contributed by atoms with E-state index in [1.165, 1.54) is 72.2 Å². The first-order valence-corrected chi connectivity index (χ1v) is 21.5. The van der Waals surface area contributed by atoms with Gasteiger partial charge in [-0.05, 0) is 129 Å². The minimum atomic E-state index is 0.340. The second-order valence-electron chi connectivity index (χ2n) is 16.1. The zero-order valence-electron chi connectivity index (χ0n) is 34.4. The summed E-state index contributed by atoms with van der Waals surface area (Å²) in [4.78, 5) is 2.34. The van der Waals surface area contributed by atoms with Crippen molar-refractivity contribution in [2.75, 3.05) is 4.90 Å². The fourth-order valence-corrected chi connectivity index (χ4v) is 9.20. The van der Waals surface area contributed by atoms with Crippen molar-refractivity contribution in [3.05, 3.63) is 259 Å². The van der Waals surface area contributed by atoms with Crippen LogP contribution >= 0.6 is 0 Å². The molecule has 0 N–H and O–H groups in total. The Morgan fingerprint density at radius 2 is 0.758 bits per heavy atom. The molecule has 1 aliphatic rings. The van der Waals surface area contributed by atoms with E-state index < -0.39 is 0 Å². The molecule has 0 fully saturated rings. The lowest BCUT2D eigenvalue weighted by Crippen LogP contribution is -2.09. The first kappa shape index (κ1) is 37.1. The molecule has 1 aliphatic carbocycles. The van der Waals surface area contributed by atoms with Crippen molar-refractivity contribution in [2.45, 2.75) is 12.3 Å². The molecule has 1 heterocycles. The molecule has 294 valence electrons. The second kappa shape index (κ2) is 16.3. The lowest BCUT2D eigenvalue weighted by atomic mass is 9.86. The number of benzene rings is 9. The van der Waals surface area contributed by atoms with Gasteiger partial charge in [0.05, 0.1) is 5.52 Å². The number of rotatable bonds is 9. The highest BCUT2D eigenvalue weighted by Crippen LogP contribution is 2.41. The van der Waals surface area contributed by atoms with Crippen LogP contribution in [0.4, 0.5) is 17.1 Å².